The van der Waals surface area contributed by atoms with Crippen LogP contribution in [0, 0.1) is 19.7 Å². The summed E-state index contributed by atoms with van der Waals surface area (Å²) in [6, 6.07) is 11.6. The molecule has 0 fully saturated rings. The number of carbonyl (C=O) groups is 2. The minimum Gasteiger partial charge on any atom is -0.542 e. The first-order chi connectivity index (χ1) is 16.9. The highest BCUT2D eigenvalue weighted by molar-refractivity contribution is 5.72. The molecule has 0 aliphatic rings. The Labute approximate surface area is 209 Å². The predicted molar refractivity (Wildman–Crippen MR) is 126 cm³/mol. The van der Waals surface area contributed by atoms with Gasteiger partial charge in [-0.25, -0.2) is 9.18 Å². The third-order valence-corrected chi connectivity index (χ3v) is 6.45. The quantitative estimate of drug-likeness (QED) is 0.255. The van der Waals surface area contributed by atoms with E-state index in [0.717, 1.165) is 16.7 Å². The summed E-state index contributed by atoms with van der Waals surface area (Å²) >= 11 is 0. The van der Waals surface area contributed by atoms with Gasteiger partial charge in [0.05, 0.1) is 25.7 Å². The first kappa shape index (κ1) is 29.3. The smallest absolute Gasteiger partial charge is 0.392 e. The highest BCUT2D eigenvalue weighted by Crippen LogP contribution is 2.31. The lowest BCUT2D eigenvalue weighted by atomic mass is 9.89. The molecular formula is C26H34FNO8. The van der Waals surface area contributed by atoms with E-state index in [1.54, 1.807) is 25.1 Å². The Hall–Kier alpha value is -2.89. The molecule has 0 spiro atoms. The average molecular weight is 508 g/mol. The third-order valence-electron chi connectivity index (χ3n) is 6.45. The largest absolute Gasteiger partial charge is 0.542 e. The van der Waals surface area contributed by atoms with E-state index in [9.17, 15) is 34.4 Å². The number of methoxy groups -OCH3 is 1. The lowest BCUT2D eigenvalue weighted by Crippen LogP contribution is -2.71. The fourth-order valence-electron chi connectivity index (χ4n) is 4.63. The number of hydrogen-bond acceptors (Lipinski definition) is 7. The average Bonchev–Trinajstić information content (AvgIpc) is 2.83. The number of benzene rings is 2. The molecule has 4 unspecified atom stereocenters. The molecule has 10 heteroatoms. The van der Waals surface area contributed by atoms with Crippen LogP contribution in [0.2, 0.25) is 0 Å². The third kappa shape index (κ3) is 6.86. The van der Waals surface area contributed by atoms with Crippen molar-refractivity contribution in [2.24, 2.45) is 0 Å². The van der Waals surface area contributed by atoms with Gasteiger partial charge in [0.15, 0.2) is 0 Å². The zero-order valence-corrected chi connectivity index (χ0v) is 20.9. The lowest BCUT2D eigenvalue weighted by Gasteiger charge is -2.46. The Bertz CT molecular complexity index is 1010. The zero-order valence-electron chi connectivity index (χ0n) is 20.9. The molecule has 0 aliphatic carbocycles. The van der Waals surface area contributed by atoms with Crippen molar-refractivity contribution < 1.29 is 48.4 Å². The summed E-state index contributed by atoms with van der Waals surface area (Å²) in [6.07, 6.45) is -5.42. The second-order valence-corrected chi connectivity index (χ2v) is 9.03. The Morgan fingerprint density at radius 3 is 2.17 bits per heavy atom. The second kappa shape index (κ2) is 12.9. The van der Waals surface area contributed by atoms with Gasteiger partial charge in [0.2, 0.25) is 6.23 Å². The maximum absolute atomic E-state index is 14.1. The van der Waals surface area contributed by atoms with Crippen molar-refractivity contribution in [3.8, 4) is 0 Å². The zero-order chi connectivity index (χ0) is 27.0. The van der Waals surface area contributed by atoms with E-state index >= 15 is 0 Å². The Kier molecular flexibility index (Phi) is 10.5. The molecule has 0 heterocycles. The summed E-state index contributed by atoms with van der Waals surface area (Å²) in [4.78, 5) is 23.8. The van der Waals surface area contributed by atoms with Crippen LogP contribution in [0.1, 0.15) is 35.1 Å². The van der Waals surface area contributed by atoms with Crippen molar-refractivity contribution in [3.63, 3.8) is 0 Å². The summed E-state index contributed by atoms with van der Waals surface area (Å²) in [5.41, 5.74) is 2.69. The van der Waals surface area contributed by atoms with Gasteiger partial charge in [0.1, 0.15) is 24.4 Å². The SMILES string of the molecule is CO[C@H](C)C[N+](CC(COCc1ccccc1F)c1c(C)cccc1C)(C(O)C(=O)[O-])C(O)C(=O)O. The van der Waals surface area contributed by atoms with Crippen molar-refractivity contribution in [2.45, 2.75) is 51.9 Å². The molecule has 2 aromatic carbocycles. The van der Waals surface area contributed by atoms with Crippen molar-refractivity contribution in [3.05, 3.63) is 70.5 Å². The molecule has 2 aromatic rings. The number of carbonyl (C=O) groups excluding carboxylic acids is 1. The molecular weight excluding hydrogens is 473 g/mol. The van der Waals surface area contributed by atoms with E-state index in [1.807, 2.05) is 32.0 Å². The number of aliphatic carboxylic acids is 2. The number of carboxylic acids is 2. The number of ether oxygens (including phenoxy) is 2. The van der Waals surface area contributed by atoms with Gasteiger partial charge in [0, 0.05) is 12.7 Å². The number of aryl methyl sites for hydroxylation is 2. The Morgan fingerprint density at radius 1 is 1.03 bits per heavy atom. The molecule has 3 N–H and O–H groups in total. The van der Waals surface area contributed by atoms with E-state index < -0.39 is 46.7 Å². The Morgan fingerprint density at radius 2 is 1.64 bits per heavy atom. The highest BCUT2D eigenvalue weighted by Gasteiger charge is 2.50. The molecule has 0 saturated carbocycles. The van der Waals surface area contributed by atoms with E-state index in [4.69, 9.17) is 9.47 Å². The van der Waals surface area contributed by atoms with Crippen LogP contribution in [0.25, 0.3) is 0 Å². The van der Waals surface area contributed by atoms with Gasteiger partial charge in [-0.3, -0.25) is 4.48 Å². The molecule has 36 heavy (non-hydrogen) atoms. The van der Waals surface area contributed by atoms with Gasteiger partial charge in [-0.1, -0.05) is 36.4 Å². The maximum atomic E-state index is 14.1. The van der Waals surface area contributed by atoms with Gasteiger partial charge < -0.3 is 34.7 Å². The number of halogens is 1. The number of carboxylic acid groups (broad SMARTS) is 2. The van der Waals surface area contributed by atoms with Crippen LogP contribution in [0.15, 0.2) is 42.5 Å². The summed E-state index contributed by atoms with van der Waals surface area (Å²) in [5, 5.41) is 43.0. The molecule has 0 radical (unpaired) electrons. The van der Waals surface area contributed by atoms with Crippen LogP contribution in [-0.4, -0.2) is 77.1 Å². The highest BCUT2D eigenvalue weighted by atomic mass is 19.1. The standard InChI is InChI=1S/C26H34FNO8/c1-16-8-7-9-17(2)22(16)20(15-36-14-19-10-5-6-11-21(19)27)13-28(12-18(3)35-4,23(29)25(31)32)24(30)26(33)34/h5-11,18,20,23-24,29-30H,12-15H2,1-4H3,(H-,31,32,33,34)/t18-,20?,23?,24?,28?/m1/s1. The molecule has 0 saturated heterocycles. The number of rotatable bonds is 14. The fourth-order valence-corrected chi connectivity index (χ4v) is 4.63. The minimum absolute atomic E-state index is 0.0759. The summed E-state index contributed by atoms with van der Waals surface area (Å²) in [7, 11) is 1.35. The summed E-state index contributed by atoms with van der Waals surface area (Å²) in [5.74, 6) is -4.80. The van der Waals surface area contributed by atoms with Crippen LogP contribution in [0.4, 0.5) is 4.39 Å². The van der Waals surface area contributed by atoms with Crippen LogP contribution in [0.3, 0.4) is 0 Å². The van der Waals surface area contributed by atoms with Gasteiger partial charge in [-0.2, -0.15) is 0 Å². The number of hydrogen-bond donors (Lipinski definition) is 3. The first-order valence-electron chi connectivity index (χ1n) is 11.5. The molecule has 198 valence electrons. The van der Waals surface area contributed by atoms with E-state index in [-0.39, 0.29) is 26.3 Å². The maximum Gasteiger partial charge on any atom is 0.392 e. The van der Waals surface area contributed by atoms with E-state index in [2.05, 4.69) is 0 Å². The van der Waals surface area contributed by atoms with Crippen molar-refractivity contribution in [1.29, 1.82) is 0 Å². The van der Waals surface area contributed by atoms with Crippen LogP contribution in [0.5, 0.6) is 0 Å². The second-order valence-electron chi connectivity index (χ2n) is 9.03. The minimum atomic E-state index is -2.38. The van der Waals surface area contributed by atoms with Gasteiger partial charge in [-0.05, 0) is 43.5 Å². The molecule has 2 rings (SSSR count). The van der Waals surface area contributed by atoms with Crippen molar-refractivity contribution in [1.82, 2.24) is 0 Å². The molecule has 5 atom stereocenters. The molecule has 0 aromatic heterocycles. The van der Waals surface area contributed by atoms with Gasteiger partial charge >= 0.3 is 5.97 Å². The monoisotopic (exact) mass is 507 g/mol. The summed E-state index contributed by atoms with van der Waals surface area (Å²) in [6.45, 7) is 4.36. The number of aliphatic hydroxyl groups excluding tert-OH is 2. The van der Waals surface area contributed by atoms with Crippen molar-refractivity contribution in [2.75, 3.05) is 26.8 Å². The van der Waals surface area contributed by atoms with Crippen LogP contribution in [-0.2, 0) is 25.7 Å². The fraction of sp³-hybridized carbons (Fsp3) is 0.462. The van der Waals surface area contributed by atoms with Crippen LogP contribution >= 0.6 is 0 Å². The molecule has 0 aliphatic heterocycles. The molecule has 0 amide bonds. The molecule has 0 bridgehead atoms. The molecule has 9 nitrogen and oxygen atoms in total. The van der Waals surface area contributed by atoms with Gasteiger partial charge in [-0.15, -0.1) is 0 Å². The van der Waals surface area contributed by atoms with E-state index in [1.165, 1.54) is 13.2 Å². The summed E-state index contributed by atoms with van der Waals surface area (Å²) < 4.78 is 24.0. The van der Waals surface area contributed by atoms with E-state index in [0.29, 0.717) is 5.56 Å². The number of nitrogens with zero attached hydrogens (tertiary/aromatic N) is 1. The topological polar surface area (TPSA) is 136 Å². The lowest BCUT2D eigenvalue weighted by molar-refractivity contribution is -0.998. The van der Waals surface area contributed by atoms with Crippen molar-refractivity contribution >= 4 is 11.9 Å². The Balaban J connectivity index is 2.57. The normalized spacial score (nSPS) is 16.5. The predicted octanol–water partition coefficient (Wildman–Crippen LogP) is 1.07. The van der Waals surface area contributed by atoms with Crippen LogP contribution < -0.4 is 5.11 Å². The van der Waals surface area contributed by atoms with Gasteiger partial charge in [0.25, 0.3) is 6.23 Å². The number of quaternary nitrogens is 1. The first-order valence-corrected chi connectivity index (χ1v) is 11.5. The number of aliphatic hydroxyl groups is 2.